The van der Waals surface area contributed by atoms with Gasteiger partial charge in [-0.05, 0) is 25.2 Å². The number of alkyl halides is 1. The average molecular weight is 424 g/mol. The van der Waals surface area contributed by atoms with Gasteiger partial charge in [0.2, 0.25) is 0 Å². The Kier molecular flexibility index (Phi) is 6.16. The summed E-state index contributed by atoms with van der Waals surface area (Å²) >= 11 is 2.44. The molecule has 0 unspecified atom stereocenters. The molecule has 0 spiro atoms. The second kappa shape index (κ2) is 7.34. The third-order valence-electron chi connectivity index (χ3n) is 5.32. The van der Waals surface area contributed by atoms with Crippen LogP contribution in [0.3, 0.4) is 0 Å². The zero-order valence-electron chi connectivity index (χ0n) is 14.2. The van der Waals surface area contributed by atoms with Crippen molar-refractivity contribution in [1.82, 2.24) is 0 Å². The van der Waals surface area contributed by atoms with Crippen LogP contribution in [0.5, 0.6) is 0 Å². The molecule has 2 aliphatic heterocycles. The highest BCUT2D eigenvalue weighted by molar-refractivity contribution is 14.1. The smallest absolute Gasteiger partial charge is 0.309 e. The molecular formula is C17H29IO4. The van der Waals surface area contributed by atoms with Crippen LogP contribution in [0.4, 0.5) is 0 Å². The first-order valence-electron chi connectivity index (χ1n) is 8.64. The molecule has 22 heavy (non-hydrogen) atoms. The zero-order chi connectivity index (χ0) is 16.4. The maximum absolute atomic E-state index is 11.8. The van der Waals surface area contributed by atoms with Crippen LogP contribution in [0, 0.1) is 5.92 Å². The van der Waals surface area contributed by atoms with E-state index >= 15 is 0 Å². The molecule has 4 nitrogen and oxygen atoms in total. The number of carbonyl (C=O) groups is 1. The van der Waals surface area contributed by atoms with Crippen molar-refractivity contribution in [3.8, 4) is 0 Å². The van der Waals surface area contributed by atoms with Gasteiger partial charge in [-0.2, -0.15) is 0 Å². The Bertz CT molecular complexity index is 402. The van der Waals surface area contributed by atoms with Gasteiger partial charge in [-0.25, -0.2) is 9.78 Å². The maximum Gasteiger partial charge on any atom is 0.309 e. The van der Waals surface area contributed by atoms with E-state index < -0.39 is 5.60 Å². The van der Waals surface area contributed by atoms with Crippen molar-refractivity contribution in [2.45, 2.75) is 93.9 Å². The predicted octanol–water partition coefficient (Wildman–Crippen LogP) is 4.58. The molecule has 0 aromatic heterocycles. The quantitative estimate of drug-likeness (QED) is 0.260. The van der Waals surface area contributed by atoms with Gasteiger partial charge in [0.05, 0.1) is 10.3 Å². The van der Waals surface area contributed by atoms with E-state index in [1.165, 1.54) is 19.3 Å². The monoisotopic (exact) mass is 424 g/mol. The lowest BCUT2D eigenvalue weighted by molar-refractivity contribution is -0.431. The van der Waals surface area contributed by atoms with Gasteiger partial charge >= 0.3 is 5.97 Å². The van der Waals surface area contributed by atoms with E-state index in [0.29, 0.717) is 12.3 Å². The molecule has 2 saturated heterocycles. The molecule has 5 heteroatoms. The molecular weight excluding hydrogens is 395 g/mol. The van der Waals surface area contributed by atoms with Crippen molar-refractivity contribution in [3.05, 3.63) is 0 Å². The molecule has 128 valence electrons. The van der Waals surface area contributed by atoms with Gasteiger partial charge in [-0.3, -0.25) is 4.79 Å². The first-order chi connectivity index (χ1) is 10.4. The lowest BCUT2D eigenvalue weighted by Crippen LogP contribution is -2.63. The van der Waals surface area contributed by atoms with Gasteiger partial charge in [0.25, 0.3) is 0 Å². The molecule has 2 rings (SSSR count). The summed E-state index contributed by atoms with van der Waals surface area (Å²) in [6.45, 7) is 8.72. The minimum absolute atomic E-state index is 0.113. The Hall–Kier alpha value is 0.120. The molecule has 0 aromatic carbocycles. The summed E-state index contributed by atoms with van der Waals surface area (Å²) in [5.74, 6) is 0.409. The molecule has 0 bridgehead atoms. The van der Waals surface area contributed by atoms with Crippen molar-refractivity contribution in [1.29, 1.82) is 0 Å². The van der Waals surface area contributed by atoms with E-state index in [-0.39, 0.29) is 21.6 Å². The van der Waals surface area contributed by atoms with Crippen LogP contribution in [0.15, 0.2) is 0 Å². The summed E-state index contributed by atoms with van der Waals surface area (Å²) in [5, 5.41) is 0. The van der Waals surface area contributed by atoms with Crippen LogP contribution in [0.2, 0.25) is 0 Å². The molecule has 5 atom stereocenters. The van der Waals surface area contributed by atoms with Crippen LogP contribution in [-0.4, -0.2) is 27.2 Å². The average Bonchev–Trinajstić information content (AvgIpc) is 2.85. The van der Waals surface area contributed by atoms with Crippen LogP contribution < -0.4 is 0 Å². The van der Waals surface area contributed by atoms with Crippen LogP contribution in [-0.2, 0) is 19.3 Å². The normalized spacial score (nSPS) is 39.4. The van der Waals surface area contributed by atoms with Crippen molar-refractivity contribution >= 4 is 28.6 Å². The van der Waals surface area contributed by atoms with E-state index in [1.807, 2.05) is 0 Å². The van der Waals surface area contributed by atoms with Crippen molar-refractivity contribution in [3.63, 3.8) is 0 Å². The summed E-state index contributed by atoms with van der Waals surface area (Å²) in [6, 6.07) is 0. The minimum atomic E-state index is -0.531. The first kappa shape index (κ1) is 18.5. The molecule has 0 aromatic rings. The molecule has 0 radical (unpaired) electrons. The van der Waals surface area contributed by atoms with Crippen molar-refractivity contribution < 1.29 is 19.3 Å². The Morgan fingerprint density at radius 1 is 1.32 bits per heavy atom. The molecule has 0 amide bonds. The number of rotatable bonds is 7. The van der Waals surface area contributed by atoms with Crippen LogP contribution >= 0.6 is 22.6 Å². The highest BCUT2D eigenvalue weighted by Gasteiger charge is 2.64. The van der Waals surface area contributed by atoms with Gasteiger partial charge in [0.15, 0.2) is 5.60 Å². The molecule has 2 heterocycles. The number of carbonyl (C=O) groups excluding carboxylic acids is 1. The molecule has 0 N–H and O–H groups in total. The fraction of sp³-hybridized carbons (Fsp3) is 0.941. The maximum atomic E-state index is 11.8. The van der Waals surface area contributed by atoms with E-state index in [1.54, 1.807) is 0 Å². The number of unbranched alkanes of at least 4 members (excludes halogenated alkanes) is 1. The van der Waals surface area contributed by atoms with Crippen LogP contribution in [0.1, 0.15) is 72.6 Å². The molecule has 0 aliphatic carbocycles. The highest BCUT2D eigenvalue weighted by atomic mass is 127. The third kappa shape index (κ3) is 3.18. The Morgan fingerprint density at radius 2 is 2.05 bits per heavy atom. The summed E-state index contributed by atoms with van der Waals surface area (Å²) in [7, 11) is 0. The van der Waals surface area contributed by atoms with E-state index in [4.69, 9.17) is 14.5 Å². The summed E-state index contributed by atoms with van der Waals surface area (Å²) < 4.78 is 5.90. The van der Waals surface area contributed by atoms with Crippen molar-refractivity contribution in [2.75, 3.05) is 0 Å². The van der Waals surface area contributed by atoms with Gasteiger partial charge in [0.1, 0.15) is 11.7 Å². The number of esters is 1. The zero-order valence-corrected chi connectivity index (χ0v) is 16.4. The Balaban J connectivity index is 2.20. The van der Waals surface area contributed by atoms with E-state index in [9.17, 15) is 4.79 Å². The number of halogens is 1. The standard InChI is InChI=1S/C17H29IO4/c1-5-8-9-12(4)11-16(6-2)15(18)17(7-3)13(21-22-16)10-14(19)20-17/h12-13,15H,5-11H2,1-4H3/t12-,13-,15+,16+,17+/m0/s1. The lowest BCUT2D eigenvalue weighted by Gasteiger charge is -2.51. The summed E-state index contributed by atoms with van der Waals surface area (Å²) in [5.41, 5.74) is -0.902. The molecule has 2 aliphatic rings. The fourth-order valence-corrected chi connectivity index (χ4v) is 5.63. The van der Waals surface area contributed by atoms with Crippen LogP contribution in [0.25, 0.3) is 0 Å². The fourth-order valence-electron chi connectivity index (χ4n) is 3.86. The number of hydrogen-bond donors (Lipinski definition) is 0. The summed E-state index contributed by atoms with van der Waals surface area (Å²) in [4.78, 5) is 23.4. The number of fused-ring (bicyclic) bond motifs is 1. The SMILES string of the molecule is CCCC[C@H](C)C[C@@]1(CC)OO[C@H]2CC(=O)O[C@@]2(CC)[C@@H]1I. The lowest BCUT2D eigenvalue weighted by atomic mass is 9.75. The number of hydrogen-bond acceptors (Lipinski definition) is 4. The minimum Gasteiger partial charge on any atom is -0.455 e. The van der Waals surface area contributed by atoms with Gasteiger partial charge in [-0.1, -0.05) is 69.5 Å². The van der Waals surface area contributed by atoms with E-state index in [0.717, 1.165) is 19.3 Å². The van der Waals surface area contributed by atoms with Gasteiger partial charge in [0, 0.05) is 0 Å². The van der Waals surface area contributed by atoms with Gasteiger partial charge in [-0.15, -0.1) is 0 Å². The predicted molar refractivity (Wildman–Crippen MR) is 93.8 cm³/mol. The molecule has 2 fully saturated rings. The number of ether oxygens (including phenoxy) is 1. The van der Waals surface area contributed by atoms with Gasteiger partial charge < -0.3 is 4.74 Å². The largest absolute Gasteiger partial charge is 0.455 e. The topological polar surface area (TPSA) is 44.8 Å². The Morgan fingerprint density at radius 3 is 2.64 bits per heavy atom. The first-order valence-corrected chi connectivity index (χ1v) is 9.89. The molecule has 0 saturated carbocycles. The van der Waals surface area contributed by atoms with Crippen molar-refractivity contribution in [2.24, 2.45) is 5.92 Å². The second-order valence-electron chi connectivity index (χ2n) is 6.89. The Labute approximate surface area is 147 Å². The summed E-state index contributed by atoms with van der Waals surface area (Å²) in [6.07, 6.45) is 6.28. The highest BCUT2D eigenvalue weighted by Crippen LogP contribution is 2.51. The second-order valence-corrected chi connectivity index (χ2v) is 8.13. The van der Waals surface area contributed by atoms with E-state index in [2.05, 4.69) is 50.3 Å². The third-order valence-corrected chi connectivity index (χ3v) is 7.51.